The zero-order chi connectivity index (χ0) is 17.2. The van der Waals surface area contributed by atoms with Crippen LogP contribution in [-0.2, 0) is 11.3 Å². The molecule has 2 rings (SSSR count). The van der Waals surface area contributed by atoms with E-state index in [1.54, 1.807) is 36.8 Å². The van der Waals surface area contributed by atoms with Crippen molar-refractivity contribution in [1.29, 1.82) is 0 Å². The predicted octanol–water partition coefficient (Wildman–Crippen LogP) is 2.09. The number of hydrogen-bond acceptors (Lipinski definition) is 4. The normalized spacial score (nSPS) is 9.58. The summed E-state index contributed by atoms with van der Waals surface area (Å²) in [5, 5.41) is 8.70. The van der Waals surface area contributed by atoms with Crippen molar-refractivity contribution in [3.63, 3.8) is 0 Å². The van der Waals surface area contributed by atoms with Gasteiger partial charge in [-0.3, -0.25) is 9.59 Å². The first-order valence-corrected chi connectivity index (χ1v) is 7.97. The number of hydrogen-bond donors (Lipinski definition) is 3. The van der Waals surface area contributed by atoms with E-state index < -0.39 is 0 Å². The molecule has 0 bridgehead atoms. The van der Waals surface area contributed by atoms with Crippen molar-refractivity contribution in [2.75, 3.05) is 25.5 Å². The van der Waals surface area contributed by atoms with Gasteiger partial charge in [-0.05, 0) is 38.2 Å². The van der Waals surface area contributed by atoms with Crippen molar-refractivity contribution in [3.05, 3.63) is 48.5 Å². The third-order valence-corrected chi connectivity index (χ3v) is 3.45. The number of rotatable bonds is 9. The van der Waals surface area contributed by atoms with Crippen molar-refractivity contribution < 1.29 is 9.59 Å². The average molecular weight is 402 g/mol. The van der Waals surface area contributed by atoms with E-state index in [9.17, 15) is 9.59 Å². The molecule has 2 amide bonds. The monoisotopic (exact) mass is 401 g/mol. The number of amides is 2. The van der Waals surface area contributed by atoms with E-state index in [-0.39, 0.29) is 36.6 Å². The molecule has 144 valence electrons. The minimum Gasteiger partial charge on any atom is -0.352 e. The highest BCUT2D eigenvalue weighted by molar-refractivity contribution is 5.97. The molecule has 26 heavy (non-hydrogen) atoms. The van der Waals surface area contributed by atoms with Crippen LogP contribution in [-0.4, -0.2) is 41.5 Å². The Morgan fingerprint density at radius 2 is 2.00 bits per heavy atom. The topological polar surface area (TPSA) is 88.0 Å². The Kier molecular flexibility index (Phi) is 12.1. The fraction of sp³-hybridized carbons (Fsp3) is 0.353. The molecular weight excluding hydrogens is 377 g/mol. The highest BCUT2D eigenvalue weighted by Crippen LogP contribution is 2.11. The predicted molar refractivity (Wildman–Crippen MR) is 107 cm³/mol. The van der Waals surface area contributed by atoms with Crippen molar-refractivity contribution in [3.8, 4) is 0 Å². The molecule has 0 radical (unpaired) electrons. The van der Waals surface area contributed by atoms with Crippen LogP contribution in [0.4, 0.5) is 5.69 Å². The maximum atomic E-state index is 12.1. The average Bonchev–Trinajstić information content (AvgIpc) is 3.10. The number of carbonyl (C=O) groups is 2. The zero-order valence-electron chi connectivity index (χ0n) is 14.6. The standard InChI is InChI=1S/C17H23N5O2.2ClH/c1-18-7-3-8-20-17(24)14-4-2-5-15(12-14)21-16(23)6-10-22-11-9-19-13-22;;/h2,4-5,9,11-13,18H,3,6-8,10H2,1H3,(H,20,24)(H,21,23);2*1H. The largest absolute Gasteiger partial charge is 0.352 e. The minimum absolute atomic E-state index is 0. The van der Waals surface area contributed by atoms with E-state index in [0.717, 1.165) is 13.0 Å². The van der Waals surface area contributed by atoms with E-state index in [4.69, 9.17) is 0 Å². The van der Waals surface area contributed by atoms with E-state index in [0.29, 0.717) is 30.8 Å². The Hall–Kier alpha value is -2.09. The van der Waals surface area contributed by atoms with E-state index in [2.05, 4.69) is 20.9 Å². The third kappa shape index (κ3) is 8.33. The van der Waals surface area contributed by atoms with Gasteiger partial charge in [0.1, 0.15) is 0 Å². The summed E-state index contributed by atoms with van der Waals surface area (Å²) in [6.07, 6.45) is 6.37. The molecule has 9 heteroatoms. The summed E-state index contributed by atoms with van der Waals surface area (Å²) in [7, 11) is 1.88. The number of nitrogens with zero attached hydrogens (tertiary/aromatic N) is 2. The quantitative estimate of drug-likeness (QED) is 0.561. The second-order valence-corrected chi connectivity index (χ2v) is 5.39. The fourth-order valence-corrected chi connectivity index (χ4v) is 2.18. The van der Waals surface area contributed by atoms with Gasteiger partial charge in [0, 0.05) is 43.2 Å². The lowest BCUT2D eigenvalue weighted by Crippen LogP contribution is -2.26. The van der Waals surface area contributed by atoms with Crippen LogP contribution in [0.5, 0.6) is 0 Å². The van der Waals surface area contributed by atoms with E-state index in [1.165, 1.54) is 0 Å². The molecule has 0 aliphatic heterocycles. The summed E-state index contributed by atoms with van der Waals surface area (Å²) in [6.45, 7) is 2.03. The molecule has 0 spiro atoms. The number of nitrogens with one attached hydrogen (secondary N) is 3. The van der Waals surface area contributed by atoms with Gasteiger partial charge < -0.3 is 20.5 Å². The SMILES string of the molecule is CNCCCNC(=O)c1cccc(NC(=O)CCn2ccnc2)c1.Cl.Cl. The van der Waals surface area contributed by atoms with Crippen molar-refractivity contribution in [1.82, 2.24) is 20.2 Å². The van der Waals surface area contributed by atoms with Crippen LogP contribution in [0.2, 0.25) is 0 Å². The Bertz CT molecular complexity index is 665. The van der Waals surface area contributed by atoms with Crippen molar-refractivity contribution >= 4 is 42.3 Å². The van der Waals surface area contributed by atoms with Gasteiger partial charge in [-0.1, -0.05) is 6.07 Å². The van der Waals surface area contributed by atoms with Gasteiger partial charge in [0.15, 0.2) is 0 Å². The number of carbonyl (C=O) groups excluding carboxylic acids is 2. The van der Waals surface area contributed by atoms with Crippen LogP contribution >= 0.6 is 24.8 Å². The van der Waals surface area contributed by atoms with Gasteiger partial charge in [0.05, 0.1) is 6.33 Å². The number of halogens is 2. The number of aromatic nitrogens is 2. The van der Waals surface area contributed by atoms with Crippen LogP contribution in [0.15, 0.2) is 43.0 Å². The summed E-state index contributed by atoms with van der Waals surface area (Å²) in [4.78, 5) is 28.0. The number of anilines is 1. The van der Waals surface area contributed by atoms with Gasteiger partial charge in [-0.25, -0.2) is 4.98 Å². The molecule has 0 atom stereocenters. The highest BCUT2D eigenvalue weighted by Gasteiger charge is 2.07. The molecule has 1 aromatic carbocycles. The number of benzene rings is 1. The van der Waals surface area contributed by atoms with E-state index >= 15 is 0 Å². The summed E-state index contributed by atoms with van der Waals surface area (Å²) in [5.74, 6) is -0.240. The van der Waals surface area contributed by atoms with Gasteiger partial charge in [0.2, 0.25) is 5.91 Å². The molecule has 7 nitrogen and oxygen atoms in total. The van der Waals surface area contributed by atoms with Crippen LogP contribution < -0.4 is 16.0 Å². The van der Waals surface area contributed by atoms with Crippen LogP contribution in [0, 0.1) is 0 Å². The van der Waals surface area contributed by atoms with E-state index in [1.807, 2.05) is 17.8 Å². The van der Waals surface area contributed by atoms with Crippen molar-refractivity contribution in [2.45, 2.75) is 19.4 Å². The first-order valence-electron chi connectivity index (χ1n) is 7.97. The minimum atomic E-state index is -0.138. The van der Waals surface area contributed by atoms with Gasteiger partial charge >= 0.3 is 0 Å². The lowest BCUT2D eigenvalue weighted by Gasteiger charge is -2.09. The second-order valence-electron chi connectivity index (χ2n) is 5.39. The van der Waals surface area contributed by atoms with Crippen LogP contribution in [0.3, 0.4) is 0 Å². The maximum absolute atomic E-state index is 12.1. The molecule has 0 saturated heterocycles. The summed E-state index contributed by atoms with van der Waals surface area (Å²) < 4.78 is 1.84. The van der Waals surface area contributed by atoms with Gasteiger partial charge in [-0.2, -0.15) is 0 Å². The first-order chi connectivity index (χ1) is 11.7. The van der Waals surface area contributed by atoms with Crippen molar-refractivity contribution in [2.24, 2.45) is 0 Å². The molecule has 1 heterocycles. The summed E-state index contributed by atoms with van der Waals surface area (Å²) >= 11 is 0. The highest BCUT2D eigenvalue weighted by atomic mass is 35.5. The fourth-order valence-electron chi connectivity index (χ4n) is 2.18. The molecule has 0 fully saturated rings. The molecule has 0 saturated carbocycles. The molecule has 0 aliphatic carbocycles. The Labute approximate surface area is 165 Å². The molecule has 0 unspecified atom stereocenters. The van der Waals surface area contributed by atoms with Gasteiger partial charge in [0.25, 0.3) is 5.91 Å². The smallest absolute Gasteiger partial charge is 0.251 e. The van der Waals surface area contributed by atoms with Crippen LogP contribution in [0.25, 0.3) is 0 Å². The van der Waals surface area contributed by atoms with Crippen LogP contribution in [0.1, 0.15) is 23.2 Å². The summed E-state index contributed by atoms with van der Waals surface area (Å²) in [5.41, 5.74) is 1.15. The number of imidazole rings is 1. The molecule has 1 aromatic heterocycles. The number of aryl methyl sites for hydroxylation is 1. The second kappa shape index (κ2) is 13.2. The lowest BCUT2D eigenvalue weighted by molar-refractivity contribution is -0.116. The lowest BCUT2D eigenvalue weighted by atomic mass is 10.2. The Morgan fingerprint density at radius 3 is 2.69 bits per heavy atom. The molecule has 3 N–H and O–H groups in total. The molecule has 2 aromatic rings. The Balaban J connectivity index is 0.00000312. The zero-order valence-corrected chi connectivity index (χ0v) is 16.2. The molecular formula is C17H25Cl2N5O2. The molecule has 0 aliphatic rings. The first kappa shape index (κ1) is 23.9. The van der Waals surface area contributed by atoms with Gasteiger partial charge in [-0.15, -0.1) is 24.8 Å². The maximum Gasteiger partial charge on any atom is 0.251 e. The Morgan fingerprint density at radius 1 is 1.19 bits per heavy atom. The third-order valence-electron chi connectivity index (χ3n) is 3.45. The summed E-state index contributed by atoms with van der Waals surface area (Å²) in [6, 6.07) is 6.94.